The van der Waals surface area contributed by atoms with E-state index in [-0.39, 0.29) is 10.9 Å². The summed E-state index contributed by atoms with van der Waals surface area (Å²) in [7, 11) is -3.59. The maximum atomic E-state index is 12.5. The third kappa shape index (κ3) is 5.15. The van der Waals surface area contributed by atoms with Gasteiger partial charge in [0.2, 0.25) is 5.91 Å². The Morgan fingerprint density at radius 2 is 1.76 bits per heavy atom. The average Bonchev–Trinajstić information content (AvgIpc) is 3.28. The van der Waals surface area contributed by atoms with Gasteiger partial charge in [-0.05, 0) is 10.8 Å². The molecule has 1 amide bonds. The van der Waals surface area contributed by atoms with E-state index in [4.69, 9.17) is 10.7 Å². The van der Waals surface area contributed by atoms with Gasteiger partial charge in [-0.2, -0.15) is 0 Å². The number of carbonyl (C=O) groups excluding carboxylic acids is 1. The van der Waals surface area contributed by atoms with Gasteiger partial charge in [0.05, 0.1) is 0 Å². The SMILES string of the molecule is C=C[I-]NS(=O)(=O)c1ccc(Nc2nc3cc(C(N)=O)ccc3n2[C@H](C)c2ccc3ccccc3c2)cc1. The summed E-state index contributed by atoms with van der Waals surface area (Å²) in [6.07, 6.45) is 0. The Morgan fingerprint density at radius 3 is 2.47 bits per heavy atom. The molecule has 5 aromatic rings. The summed E-state index contributed by atoms with van der Waals surface area (Å²) in [5.41, 5.74) is 9.08. The van der Waals surface area contributed by atoms with Crippen molar-refractivity contribution in [3.05, 3.63) is 107 Å². The number of amides is 1. The number of anilines is 2. The third-order valence-corrected chi connectivity index (χ3v) is 10.4. The van der Waals surface area contributed by atoms with E-state index in [1.54, 1.807) is 40.5 Å². The van der Waals surface area contributed by atoms with Gasteiger partial charge in [-0.15, -0.1) is 0 Å². The minimum atomic E-state index is -3.59. The maximum absolute atomic E-state index is 12.5. The molecule has 4 aromatic carbocycles. The van der Waals surface area contributed by atoms with E-state index in [9.17, 15) is 13.2 Å². The number of nitrogens with two attached hydrogens (primary N) is 1. The van der Waals surface area contributed by atoms with Gasteiger partial charge in [0, 0.05) is 0 Å². The topological polar surface area (TPSA) is 119 Å². The summed E-state index contributed by atoms with van der Waals surface area (Å²) < 4.78 is 31.1. The Kier molecular flexibility index (Phi) is 7.19. The molecule has 0 bridgehead atoms. The van der Waals surface area contributed by atoms with Crippen LogP contribution in [0.5, 0.6) is 0 Å². The van der Waals surface area contributed by atoms with Crippen LogP contribution >= 0.6 is 0 Å². The second-order valence-corrected chi connectivity index (χ2v) is 13.1. The first-order valence-electron chi connectivity index (χ1n) is 11.7. The van der Waals surface area contributed by atoms with Gasteiger partial charge < -0.3 is 5.73 Å². The van der Waals surface area contributed by atoms with Crippen LogP contribution < -0.4 is 35.5 Å². The van der Waals surface area contributed by atoms with Crippen LogP contribution in [-0.4, -0.2) is 23.9 Å². The molecule has 0 spiro atoms. The number of imidazole rings is 1. The number of halogens is 1. The molecule has 8 nitrogen and oxygen atoms in total. The first-order valence-corrected chi connectivity index (χ1v) is 15.5. The van der Waals surface area contributed by atoms with Crippen LogP contribution in [-0.2, 0) is 10.0 Å². The normalized spacial score (nSPS) is 12.6. The molecular weight excluding hydrogens is 613 g/mol. The molecule has 10 heteroatoms. The molecule has 5 rings (SSSR count). The fourth-order valence-electron chi connectivity index (χ4n) is 4.33. The zero-order valence-electron chi connectivity index (χ0n) is 20.4. The molecule has 0 fully saturated rings. The van der Waals surface area contributed by atoms with Gasteiger partial charge in [0.15, 0.2) is 0 Å². The fourth-order valence-corrected chi connectivity index (χ4v) is 7.40. The Hall–Kier alpha value is -3.74. The van der Waals surface area contributed by atoms with E-state index < -0.39 is 37.4 Å². The standard InChI is InChI=1S/C28H25IN5O3S/c1-3-29-33-38(36,37)24-13-11-23(12-14-24)31-28-32-25-17-22(27(30)35)10-15-26(25)34(28)18(2)20-9-8-19-6-4-5-7-21(19)16-20/h3-18,33H,1H2,2H3,(H2,30,35)(H,31,32)/q-1/t18-/m1/s1. The van der Waals surface area contributed by atoms with Crippen molar-refractivity contribution in [2.24, 2.45) is 5.73 Å². The summed E-state index contributed by atoms with van der Waals surface area (Å²) in [6.45, 7) is 5.67. The van der Waals surface area contributed by atoms with Gasteiger partial charge in [-0.3, -0.25) is 4.79 Å². The molecule has 38 heavy (non-hydrogen) atoms. The van der Waals surface area contributed by atoms with Crippen LogP contribution in [0.3, 0.4) is 0 Å². The van der Waals surface area contributed by atoms with Gasteiger partial charge in [-0.1, -0.05) is 30.3 Å². The fraction of sp³-hybridized carbons (Fsp3) is 0.0714. The first-order chi connectivity index (χ1) is 18.3. The summed E-state index contributed by atoms with van der Waals surface area (Å²) in [4.78, 5) is 16.8. The minimum absolute atomic E-state index is 0.113. The van der Waals surface area contributed by atoms with Crippen LogP contribution in [0, 0.1) is 0 Å². The molecule has 0 aliphatic rings. The Bertz CT molecular complexity index is 1780. The van der Waals surface area contributed by atoms with Crippen molar-refractivity contribution < 1.29 is 34.7 Å². The van der Waals surface area contributed by atoms with E-state index >= 15 is 0 Å². The number of sulfonamides is 1. The summed E-state index contributed by atoms with van der Waals surface area (Å²) in [5, 5.41) is 5.62. The van der Waals surface area contributed by atoms with Crippen LogP contribution in [0.25, 0.3) is 21.8 Å². The number of hydrogen-bond acceptors (Lipinski definition) is 5. The molecule has 194 valence electrons. The summed E-state index contributed by atoms with van der Waals surface area (Å²) in [5.74, 6) is 0.0244. The molecule has 1 aromatic heterocycles. The van der Waals surface area contributed by atoms with Gasteiger partial charge in [0.1, 0.15) is 0 Å². The number of aromatic nitrogens is 2. The van der Waals surface area contributed by atoms with E-state index in [2.05, 4.69) is 56.7 Å². The molecule has 0 saturated carbocycles. The summed E-state index contributed by atoms with van der Waals surface area (Å²) >= 11 is -0.838. The molecule has 0 aliphatic heterocycles. The van der Waals surface area contributed by atoms with Crippen LogP contribution in [0.15, 0.2) is 100 Å². The quantitative estimate of drug-likeness (QED) is 0.169. The van der Waals surface area contributed by atoms with Gasteiger partial charge in [0.25, 0.3) is 0 Å². The number of nitrogens with one attached hydrogen (secondary N) is 2. The predicted molar refractivity (Wildman–Crippen MR) is 146 cm³/mol. The molecule has 0 unspecified atom stereocenters. The summed E-state index contributed by atoms with van der Waals surface area (Å²) in [6, 6.07) is 26.1. The first kappa shape index (κ1) is 25.9. The molecule has 1 atom stereocenters. The molecule has 0 saturated heterocycles. The molecule has 0 aliphatic carbocycles. The van der Waals surface area contributed by atoms with Crippen molar-refractivity contribution >= 4 is 49.4 Å². The van der Waals surface area contributed by atoms with Crippen molar-refractivity contribution in [3.63, 3.8) is 0 Å². The zero-order valence-corrected chi connectivity index (χ0v) is 23.4. The number of hydrogen-bond donors (Lipinski definition) is 3. The second-order valence-electron chi connectivity index (χ2n) is 8.65. The number of carbonyl (C=O) groups is 1. The van der Waals surface area contributed by atoms with Crippen molar-refractivity contribution in [3.8, 4) is 0 Å². The molecule has 4 N–H and O–H groups in total. The zero-order chi connectivity index (χ0) is 26.9. The Morgan fingerprint density at radius 1 is 1.03 bits per heavy atom. The van der Waals surface area contributed by atoms with E-state index in [0.29, 0.717) is 22.7 Å². The molecule has 0 radical (unpaired) electrons. The van der Waals surface area contributed by atoms with Crippen molar-refractivity contribution in [1.82, 2.24) is 12.5 Å². The van der Waals surface area contributed by atoms with Crippen molar-refractivity contribution in [1.29, 1.82) is 0 Å². The average molecular weight is 639 g/mol. The monoisotopic (exact) mass is 638 g/mol. The Labute approximate surface area is 231 Å². The Balaban J connectivity index is 1.56. The van der Waals surface area contributed by atoms with E-state index in [1.807, 2.05) is 18.2 Å². The number of fused-ring (bicyclic) bond motifs is 2. The van der Waals surface area contributed by atoms with E-state index in [1.165, 1.54) is 0 Å². The van der Waals surface area contributed by atoms with E-state index in [0.717, 1.165) is 21.9 Å². The number of benzene rings is 4. The molecular formula is C28H25IN5O3S-. The third-order valence-electron chi connectivity index (χ3n) is 6.26. The number of nitrogens with zero attached hydrogens (tertiary/aromatic N) is 2. The van der Waals surface area contributed by atoms with Gasteiger partial charge >= 0.3 is 175 Å². The number of rotatable bonds is 9. The van der Waals surface area contributed by atoms with Crippen LogP contribution in [0.4, 0.5) is 11.6 Å². The van der Waals surface area contributed by atoms with Crippen LogP contribution in [0.2, 0.25) is 0 Å². The predicted octanol–water partition coefficient (Wildman–Crippen LogP) is 2.07. The molecule has 1 heterocycles. The second kappa shape index (κ2) is 10.6. The van der Waals surface area contributed by atoms with Crippen molar-refractivity contribution in [2.45, 2.75) is 17.9 Å². The van der Waals surface area contributed by atoms with Crippen molar-refractivity contribution in [2.75, 3.05) is 5.32 Å². The van der Waals surface area contributed by atoms with Gasteiger partial charge in [-0.25, -0.2) is 0 Å². The van der Waals surface area contributed by atoms with Crippen LogP contribution in [0.1, 0.15) is 28.9 Å². The number of primary amides is 1.